The quantitative estimate of drug-likeness (QED) is 0.691. The molecule has 1 aromatic carbocycles. The molecule has 1 aliphatic rings. The first kappa shape index (κ1) is 10.9. The van der Waals surface area contributed by atoms with Gasteiger partial charge < -0.3 is 5.11 Å². The lowest BCUT2D eigenvalue weighted by atomic mass is 9.91. The number of hydrogen-bond acceptors (Lipinski definition) is 2. The zero-order valence-electron chi connectivity index (χ0n) is 8.49. The molecular weight excluding hydrogens is 176 g/mol. The summed E-state index contributed by atoms with van der Waals surface area (Å²) < 4.78 is 0. The summed E-state index contributed by atoms with van der Waals surface area (Å²) in [5.74, 6) is 0. The highest BCUT2D eigenvalue weighted by molar-refractivity contribution is 5.75. The normalized spacial score (nSPS) is 13.6. The largest absolute Gasteiger partial charge is 0.400 e. The number of carbonyl (C=O) groups excluding carboxylic acids is 1. The number of aldehydes is 1. The Morgan fingerprint density at radius 2 is 1.79 bits per heavy atom. The first-order valence-corrected chi connectivity index (χ1v) is 4.92. The molecule has 1 N–H and O–H groups in total. The van der Waals surface area contributed by atoms with Gasteiger partial charge in [0, 0.05) is 12.7 Å². The molecule has 2 rings (SSSR count). The van der Waals surface area contributed by atoms with E-state index in [4.69, 9.17) is 5.11 Å². The van der Waals surface area contributed by atoms with Crippen LogP contribution in [0.5, 0.6) is 0 Å². The number of rotatable bonds is 1. The Balaban J connectivity index is 0.000000461. The smallest absolute Gasteiger partial charge is 0.150 e. The van der Waals surface area contributed by atoms with Crippen molar-refractivity contribution in [1.29, 1.82) is 0 Å². The summed E-state index contributed by atoms with van der Waals surface area (Å²) in [6.45, 7) is 0. The first-order valence-electron chi connectivity index (χ1n) is 4.92. The summed E-state index contributed by atoms with van der Waals surface area (Å²) >= 11 is 0. The Morgan fingerprint density at radius 3 is 2.43 bits per heavy atom. The van der Waals surface area contributed by atoms with E-state index in [1.807, 2.05) is 12.1 Å². The van der Waals surface area contributed by atoms with E-state index in [1.54, 1.807) is 0 Å². The highest BCUT2D eigenvalue weighted by Crippen LogP contribution is 2.21. The van der Waals surface area contributed by atoms with Crippen LogP contribution in [-0.2, 0) is 12.8 Å². The van der Waals surface area contributed by atoms with Crippen LogP contribution in [0.25, 0.3) is 0 Å². The van der Waals surface area contributed by atoms with Crippen LogP contribution in [0.2, 0.25) is 0 Å². The van der Waals surface area contributed by atoms with Gasteiger partial charge in [-0.05, 0) is 42.9 Å². The standard InChI is InChI=1S/C11H12O.CH4O/c12-8-9-5-6-10-3-1-2-4-11(10)7-9;1-2/h5-8H,1-4H2;2H,1H3. The highest BCUT2D eigenvalue weighted by Gasteiger charge is 2.08. The first-order chi connectivity index (χ1) is 6.90. The zero-order chi connectivity index (χ0) is 10.4. The van der Waals surface area contributed by atoms with Gasteiger partial charge in [-0.25, -0.2) is 0 Å². The van der Waals surface area contributed by atoms with Crippen molar-refractivity contribution in [2.75, 3.05) is 7.11 Å². The molecule has 0 radical (unpaired) electrons. The summed E-state index contributed by atoms with van der Waals surface area (Å²) in [7, 11) is 1.00. The number of hydrogen-bond donors (Lipinski definition) is 1. The Morgan fingerprint density at radius 1 is 1.14 bits per heavy atom. The Labute approximate surface area is 84.6 Å². The molecule has 0 spiro atoms. The second-order valence-corrected chi connectivity index (χ2v) is 3.35. The third kappa shape index (κ3) is 2.42. The van der Waals surface area contributed by atoms with Crippen molar-refractivity contribution in [3.63, 3.8) is 0 Å². The van der Waals surface area contributed by atoms with Crippen molar-refractivity contribution < 1.29 is 9.90 Å². The van der Waals surface area contributed by atoms with E-state index in [2.05, 4.69) is 6.07 Å². The molecule has 2 nitrogen and oxygen atoms in total. The lowest BCUT2D eigenvalue weighted by molar-refractivity contribution is 0.112. The Bertz CT molecular complexity index is 305. The molecule has 76 valence electrons. The summed E-state index contributed by atoms with van der Waals surface area (Å²) in [6, 6.07) is 6.04. The number of fused-ring (bicyclic) bond motifs is 1. The second kappa shape index (κ2) is 5.55. The lowest BCUT2D eigenvalue weighted by Gasteiger charge is -2.15. The molecule has 0 aliphatic heterocycles. The van der Waals surface area contributed by atoms with Crippen molar-refractivity contribution >= 4 is 6.29 Å². The van der Waals surface area contributed by atoms with Gasteiger partial charge in [-0.15, -0.1) is 0 Å². The fourth-order valence-electron chi connectivity index (χ4n) is 1.83. The molecule has 0 atom stereocenters. The number of carbonyl (C=O) groups is 1. The maximum atomic E-state index is 10.5. The number of aliphatic hydroxyl groups excluding tert-OH is 1. The summed E-state index contributed by atoms with van der Waals surface area (Å²) in [4.78, 5) is 10.5. The zero-order valence-corrected chi connectivity index (χ0v) is 8.49. The average molecular weight is 192 g/mol. The molecule has 0 bridgehead atoms. The highest BCUT2D eigenvalue weighted by atomic mass is 16.2. The van der Waals surface area contributed by atoms with E-state index in [0.717, 1.165) is 25.4 Å². The predicted octanol–water partition coefficient (Wildman–Crippen LogP) is 1.99. The molecule has 0 heterocycles. The minimum Gasteiger partial charge on any atom is -0.400 e. The van der Waals surface area contributed by atoms with E-state index < -0.39 is 0 Å². The molecule has 0 aromatic heterocycles. The third-order valence-corrected chi connectivity index (χ3v) is 2.51. The molecule has 0 unspecified atom stereocenters. The molecule has 0 fully saturated rings. The fourth-order valence-corrected chi connectivity index (χ4v) is 1.83. The van der Waals surface area contributed by atoms with E-state index in [-0.39, 0.29) is 0 Å². The van der Waals surface area contributed by atoms with Gasteiger partial charge in [0.15, 0.2) is 0 Å². The number of benzene rings is 1. The molecule has 0 saturated carbocycles. The van der Waals surface area contributed by atoms with Gasteiger partial charge in [0.2, 0.25) is 0 Å². The van der Waals surface area contributed by atoms with Crippen LogP contribution < -0.4 is 0 Å². The van der Waals surface area contributed by atoms with Crippen LogP contribution in [0, 0.1) is 0 Å². The van der Waals surface area contributed by atoms with Gasteiger partial charge in [-0.1, -0.05) is 12.1 Å². The molecule has 1 aromatic rings. The van der Waals surface area contributed by atoms with Crippen LogP contribution in [0.4, 0.5) is 0 Å². The predicted molar refractivity (Wildman–Crippen MR) is 56.6 cm³/mol. The van der Waals surface area contributed by atoms with Crippen LogP contribution in [0.15, 0.2) is 18.2 Å². The van der Waals surface area contributed by atoms with Crippen molar-refractivity contribution in [2.24, 2.45) is 0 Å². The molecular formula is C12H16O2. The number of aryl methyl sites for hydroxylation is 2. The van der Waals surface area contributed by atoms with Crippen molar-refractivity contribution in [2.45, 2.75) is 25.7 Å². The van der Waals surface area contributed by atoms with Gasteiger partial charge in [-0.3, -0.25) is 4.79 Å². The Kier molecular flexibility index (Phi) is 4.33. The fraction of sp³-hybridized carbons (Fsp3) is 0.417. The minimum atomic E-state index is 0.815. The maximum absolute atomic E-state index is 10.5. The van der Waals surface area contributed by atoms with Gasteiger partial charge in [-0.2, -0.15) is 0 Å². The molecule has 2 heteroatoms. The van der Waals surface area contributed by atoms with E-state index in [1.165, 1.54) is 30.4 Å². The molecule has 1 aliphatic carbocycles. The molecule has 0 amide bonds. The van der Waals surface area contributed by atoms with Crippen molar-refractivity contribution in [3.05, 3.63) is 34.9 Å². The van der Waals surface area contributed by atoms with Crippen molar-refractivity contribution in [1.82, 2.24) is 0 Å². The topological polar surface area (TPSA) is 37.3 Å². The molecule has 0 saturated heterocycles. The van der Waals surface area contributed by atoms with Gasteiger partial charge in [0.25, 0.3) is 0 Å². The number of aliphatic hydroxyl groups is 1. The average Bonchev–Trinajstić information content (AvgIpc) is 2.31. The van der Waals surface area contributed by atoms with Gasteiger partial charge >= 0.3 is 0 Å². The molecule has 14 heavy (non-hydrogen) atoms. The Hall–Kier alpha value is -1.15. The van der Waals surface area contributed by atoms with E-state index in [9.17, 15) is 4.79 Å². The van der Waals surface area contributed by atoms with Crippen molar-refractivity contribution in [3.8, 4) is 0 Å². The van der Waals surface area contributed by atoms with Gasteiger partial charge in [0.1, 0.15) is 6.29 Å². The van der Waals surface area contributed by atoms with Gasteiger partial charge in [0.05, 0.1) is 0 Å². The van der Waals surface area contributed by atoms with E-state index in [0.29, 0.717) is 0 Å². The summed E-state index contributed by atoms with van der Waals surface area (Å²) in [5.41, 5.74) is 3.63. The lowest BCUT2D eigenvalue weighted by Crippen LogP contribution is -2.02. The second-order valence-electron chi connectivity index (χ2n) is 3.35. The third-order valence-electron chi connectivity index (χ3n) is 2.51. The summed E-state index contributed by atoms with van der Waals surface area (Å²) in [5, 5.41) is 7.00. The van der Waals surface area contributed by atoms with E-state index >= 15 is 0 Å². The summed E-state index contributed by atoms with van der Waals surface area (Å²) in [6.07, 6.45) is 5.84. The minimum absolute atomic E-state index is 0.815. The maximum Gasteiger partial charge on any atom is 0.150 e. The van der Waals surface area contributed by atoms with Crippen LogP contribution in [0.1, 0.15) is 34.3 Å². The SMILES string of the molecule is CO.O=Cc1ccc2c(c1)CCCC2. The monoisotopic (exact) mass is 192 g/mol. The van der Waals surface area contributed by atoms with Crippen LogP contribution in [-0.4, -0.2) is 18.5 Å². The van der Waals surface area contributed by atoms with Crippen LogP contribution in [0.3, 0.4) is 0 Å². The van der Waals surface area contributed by atoms with Crippen LogP contribution >= 0.6 is 0 Å².